The molecule has 0 saturated carbocycles. The van der Waals surface area contributed by atoms with E-state index in [2.05, 4.69) is 43.7 Å². The quantitative estimate of drug-likeness (QED) is 0.283. The zero-order chi connectivity index (χ0) is 10.6. The summed E-state index contributed by atoms with van der Waals surface area (Å²) in [5, 5.41) is 1.32. The molecule has 0 bridgehead atoms. The van der Waals surface area contributed by atoms with Gasteiger partial charge in [0.15, 0.2) is 0 Å². The van der Waals surface area contributed by atoms with E-state index in [0.717, 1.165) is 5.92 Å². The van der Waals surface area contributed by atoms with Crippen molar-refractivity contribution < 1.29 is 0 Å². The Kier molecular flexibility index (Phi) is 11.7. The van der Waals surface area contributed by atoms with Gasteiger partial charge in [0.2, 0.25) is 0 Å². The molecule has 1 unspecified atom stereocenters. The molecule has 0 N–H and O–H groups in total. The second kappa shape index (κ2) is 11.4. The van der Waals surface area contributed by atoms with Crippen LogP contribution >= 0.6 is 0 Å². The Morgan fingerprint density at radius 2 is 1.71 bits per heavy atom. The minimum absolute atomic E-state index is 0.930. The van der Waals surface area contributed by atoms with Crippen LogP contribution in [0.25, 0.3) is 0 Å². The Morgan fingerprint density at radius 1 is 1.07 bits per heavy atom. The number of hydrogen-bond acceptors (Lipinski definition) is 0. The first-order valence-corrected chi connectivity index (χ1v) is 6.46. The monoisotopic (exact) mass is 188 g/mol. The molecule has 0 fully saturated rings. The Hall–Kier alpha value is 0.337. The van der Waals surface area contributed by atoms with Gasteiger partial charge in [-0.2, -0.15) is 0 Å². The van der Waals surface area contributed by atoms with Crippen molar-refractivity contribution >= 4 is 17.7 Å². The van der Waals surface area contributed by atoms with E-state index in [4.69, 9.17) is 0 Å². The standard InChI is InChI=1S/C13H25.Li/c1-4-6-7-8-9-10-11-12-13(3)5-2;/h7-8,13H,1,4-6,9-12H2,2-3H3;/b8-7-;. The van der Waals surface area contributed by atoms with E-state index in [-0.39, 0.29) is 0 Å². The molecule has 0 nitrogen and oxygen atoms in total. The summed E-state index contributed by atoms with van der Waals surface area (Å²) in [7, 11) is 0. The van der Waals surface area contributed by atoms with Gasteiger partial charge < -0.3 is 0 Å². The van der Waals surface area contributed by atoms with Crippen molar-refractivity contribution in [1.82, 2.24) is 0 Å². The summed E-state index contributed by atoms with van der Waals surface area (Å²) >= 11 is 2.25. The molecule has 0 aliphatic carbocycles. The summed E-state index contributed by atoms with van der Waals surface area (Å²) in [6.45, 7) is 4.65. The van der Waals surface area contributed by atoms with E-state index in [1.165, 1.54) is 50.0 Å². The molecule has 14 heavy (non-hydrogen) atoms. The molecule has 0 amide bonds. The van der Waals surface area contributed by atoms with Crippen LogP contribution in [0.1, 0.15) is 58.8 Å². The average molecular weight is 188 g/mol. The Labute approximate surface area is 99.8 Å². The van der Waals surface area contributed by atoms with Gasteiger partial charge in [0.05, 0.1) is 0 Å². The number of unbranched alkanes of at least 4 members (excludes halogenated alkanes) is 3. The first kappa shape index (κ1) is 14.3. The summed E-state index contributed by atoms with van der Waals surface area (Å²) in [4.78, 5) is 0. The van der Waals surface area contributed by atoms with Gasteiger partial charge in [-0.1, -0.05) is 0 Å². The zero-order valence-electron chi connectivity index (χ0n) is 10.4. The van der Waals surface area contributed by atoms with Crippen LogP contribution < -0.4 is 0 Å². The van der Waals surface area contributed by atoms with Gasteiger partial charge >= 0.3 is 99.7 Å². The van der Waals surface area contributed by atoms with Crippen LogP contribution in [0.5, 0.6) is 0 Å². The van der Waals surface area contributed by atoms with Crippen molar-refractivity contribution in [2.24, 2.45) is 5.92 Å². The van der Waals surface area contributed by atoms with Crippen LogP contribution in [0.4, 0.5) is 0 Å². The van der Waals surface area contributed by atoms with Gasteiger partial charge in [-0.25, -0.2) is 0 Å². The van der Waals surface area contributed by atoms with Gasteiger partial charge in [-0.05, 0) is 0 Å². The van der Waals surface area contributed by atoms with Gasteiger partial charge in [0, 0.05) is 0 Å². The minimum atomic E-state index is 0.930. The molecule has 0 heterocycles. The van der Waals surface area contributed by atoms with E-state index in [1.54, 1.807) is 0 Å². The zero-order valence-corrected chi connectivity index (χ0v) is 10.4. The Morgan fingerprint density at radius 3 is 2.29 bits per heavy atom. The predicted molar refractivity (Wildman–Crippen MR) is 66.9 cm³/mol. The molecular weight excluding hydrogens is 163 g/mol. The van der Waals surface area contributed by atoms with Gasteiger partial charge in [-0.3, -0.25) is 0 Å². The molecule has 0 saturated heterocycles. The summed E-state index contributed by atoms with van der Waals surface area (Å²) in [5.74, 6) is 0.930. The van der Waals surface area contributed by atoms with Crippen LogP contribution in [0.3, 0.4) is 0 Å². The molecule has 1 atom stereocenters. The second-order valence-electron chi connectivity index (χ2n) is 4.41. The summed E-state index contributed by atoms with van der Waals surface area (Å²) in [6.07, 6.45) is 14.2. The molecular formula is C13H25Li. The van der Waals surface area contributed by atoms with Crippen LogP contribution in [0.2, 0.25) is 5.09 Å². The third kappa shape index (κ3) is 10.4. The maximum absolute atomic E-state index is 2.37. The Bertz CT molecular complexity index is 129. The van der Waals surface area contributed by atoms with Crippen LogP contribution in [0.15, 0.2) is 12.2 Å². The topological polar surface area (TPSA) is 0 Å². The van der Waals surface area contributed by atoms with Crippen molar-refractivity contribution in [3.63, 3.8) is 0 Å². The van der Waals surface area contributed by atoms with Crippen LogP contribution in [-0.2, 0) is 0 Å². The third-order valence-electron chi connectivity index (χ3n) is 2.91. The molecule has 0 rings (SSSR count). The fourth-order valence-corrected chi connectivity index (χ4v) is 1.52. The van der Waals surface area contributed by atoms with Crippen molar-refractivity contribution in [2.75, 3.05) is 0 Å². The van der Waals surface area contributed by atoms with Gasteiger partial charge in [0.1, 0.15) is 0 Å². The molecule has 0 aliphatic heterocycles. The normalized spacial score (nSPS) is 13.7. The van der Waals surface area contributed by atoms with Crippen LogP contribution in [-0.4, -0.2) is 17.7 Å². The van der Waals surface area contributed by atoms with Gasteiger partial charge in [-0.15, -0.1) is 0 Å². The van der Waals surface area contributed by atoms with Gasteiger partial charge in [0.25, 0.3) is 0 Å². The molecule has 0 radical (unpaired) electrons. The molecule has 0 aromatic rings. The average Bonchev–Trinajstić information content (AvgIpc) is 2.21. The van der Waals surface area contributed by atoms with Crippen molar-refractivity contribution in [1.29, 1.82) is 0 Å². The van der Waals surface area contributed by atoms with E-state index in [1.807, 2.05) is 0 Å². The number of hydrogen-bond donors (Lipinski definition) is 0. The second-order valence-corrected chi connectivity index (χ2v) is 4.41. The molecule has 0 aromatic carbocycles. The van der Waals surface area contributed by atoms with E-state index < -0.39 is 0 Å². The van der Waals surface area contributed by atoms with Crippen molar-refractivity contribution in [2.45, 2.75) is 63.9 Å². The first-order chi connectivity index (χ1) is 6.81. The molecule has 78 valence electrons. The van der Waals surface area contributed by atoms with Crippen molar-refractivity contribution in [3.8, 4) is 0 Å². The van der Waals surface area contributed by atoms with E-state index in [0.29, 0.717) is 0 Å². The molecule has 1 heteroatoms. The van der Waals surface area contributed by atoms with Crippen molar-refractivity contribution in [3.05, 3.63) is 12.2 Å². The summed E-state index contributed by atoms with van der Waals surface area (Å²) in [5.41, 5.74) is 0. The SMILES string of the molecule is [Li][CH2]CC/C=C\CCCCC(C)CC. The van der Waals surface area contributed by atoms with Crippen LogP contribution in [0, 0.1) is 5.92 Å². The number of rotatable bonds is 9. The summed E-state index contributed by atoms with van der Waals surface area (Å²) < 4.78 is 0. The maximum atomic E-state index is 2.37. The Balaban J connectivity index is 3.08. The fraction of sp³-hybridized carbons (Fsp3) is 0.846. The third-order valence-corrected chi connectivity index (χ3v) is 2.91. The number of allylic oxidation sites excluding steroid dienone is 2. The summed E-state index contributed by atoms with van der Waals surface area (Å²) in [6, 6.07) is 0. The molecule has 0 aromatic heterocycles. The molecule has 0 spiro atoms. The first-order valence-electron chi connectivity index (χ1n) is 6.46. The van der Waals surface area contributed by atoms with E-state index >= 15 is 0 Å². The van der Waals surface area contributed by atoms with E-state index in [9.17, 15) is 0 Å². The molecule has 0 aliphatic rings. The fourth-order valence-electron chi connectivity index (χ4n) is 1.52. The predicted octanol–water partition coefficient (Wildman–Crippen LogP) is 4.52.